The largest absolute Gasteiger partial charge is 0.439 e. The summed E-state index contributed by atoms with van der Waals surface area (Å²) in [7, 11) is 0. The van der Waals surface area contributed by atoms with Gasteiger partial charge in [-0.05, 0) is 29.8 Å². The minimum atomic E-state index is -0.717. The molecule has 1 aliphatic rings. The van der Waals surface area contributed by atoms with Gasteiger partial charge in [0, 0.05) is 17.8 Å². The first-order valence-electron chi connectivity index (χ1n) is 9.62. The number of rotatable bonds is 7. The van der Waals surface area contributed by atoms with Gasteiger partial charge in [0.15, 0.2) is 6.61 Å². The SMILES string of the molecule is O=C(NC(CN1C(=O)COC1=O)c1ccccc1)c1cccc(Oc2ccccn2)c1. The van der Waals surface area contributed by atoms with Crippen molar-refractivity contribution in [2.45, 2.75) is 6.04 Å². The number of carbonyl (C=O) groups excluding carboxylic acids is 3. The molecule has 0 aliphatic carbocycles. The molecule has 0 bridgehead atoms. The zero-order chi connectivity index (χ0) is 21.6. The second-order valence-corrected chi connectivity index (χ2v) is 6.79. The van der Waals surface area contributed by atoms with E-state index in [1.54, 1.807) is 48.7 Å². The van der Waals surface area contributed by atoms with Gasteiger partial charge in [0.05, 0.1) is 12.6 Å². The second kappa shape index (κ2) is 9.08. The van der Waals surface area contributed by atoms with Crippen molar-refractivity contribution in [3.05, 3.63) is 90.1 Å². The van der Waals surface area contributed by atoms with E-state index in [0.717, 1.165) is 10.5 Å². The lowest BCUT2D eigenvalue weighted by atomic mass is 10.1. The average molecular weight is 417 g/mol. The Hall–Kier alpha value is -4.20. The van der Waals surface area contributed by atoms with Gasteiger partial charge in [-0.15, -0.1) is 0 Å². The monoisotopic (exact) mass is 417 g/mol. The fraction of sp³-hybridized carbons (Fsp3) is 0.130. The zero-order valence-electron chi connectivity index (χ0n) is 16.4. The highest BCUT2D eigenvalue weighted by Gasteiger charge is 2.33. The Labute approximate surface area is 178 Å². The van der Waals surface area contributed by atoms with Crippen molar-refractivity contribution in [1.82, 2.24) is 15.2 Å². The number of aromatic nitrogens is 1. The third kappa shape index (κ3) is 4.87. The molecule has 1 N–H and O–H groups in total. The summed E-state index contributed by atoms with van der Waals surface area (Å²) in [4.78, 5) is 41.9. The van der Waals surface area contributed by atoms with E-state index in [4.69, 9.17) is 9.47 Å². The molecule has 1 fully saturated rings. The summed E-state index contributed by atoms with van der Waals surface area (Å²) in [5.41, 5.74) is 1.12. The van der Waals surface area contributed by atoms with Gasteiger partial charge in [-0.25, -0.2) is 14.7 Å². The minimum absolute atomic E-state index is 0.0302. The van der Waals surface area contributed by atoms with E-state index in [2.05, 4.69) is 10.3 Å². The molecule has 3 amide bonds. The van der Waals surface area contributed by atoms with Gasteiger partial charge in [0.1, 0.15) is 5.75 Å². The van der Waals surface area contributed by atoms with E-state index >= 15 is 0 Å². The number of benzene rings is 2. The van der Waals surface area contributed by atoms with Crippen molar-refractivity contribution in [2.24, 2.45) is 0 Å². The Morgan fingerprint density at radius 3 is 2.58 bits per heavy atom. The number of pyridine rings is 1. The van der Waals surface area contributed by atoms with Gasteiger partial charge in [-0.1, -0.05) is 42.5 Å². The molecule has 31 heavy (non-hydrogen) atoms. The number of imide groups is 1. The van der Waals surface area contributed by atoms with Crippen LogP contribution in [0.15, 0.2) is 79.0 Å². The first kappa shape index (κ1) is 20.1. The summed E-state index contributed by atoms with van der Waals surface area (Å²) in [5, 5.41) is 2.90. The molecule has 3 aromatic rings. The molecule has 8 nitrogen and oxygen atoms in total. The number of amides is 3. The van der Waals surface area contributed by atoms with Crippen LogP contribution in [0.5, 0.6) is 11.6 Å². The quantitative estimate of drug-likeness (QED) is 0.633. The molecule has 2 heterocycles. The third-order valence-electron chi connectivity index (χ3n) is 4.67. The summed E-state index contributed by atoms with van der Waals surface area (Å²) >= 11 is 0. The summed E-state index contributed by atoms with van der Waals surface area (Å²) in [6.45, 7) is -0.321. The van der Waals surface area contributed by atoms with E-state index in [0.29, 0.717) is 17.2 Å². The van der Waals surface area contributed by atoms with Crippen molar-refractivity contribution in [1.29, 1.82) is 0 Å². The van der Waals surface area contributed by atoms with Crippen LogP contribution >= 0.6 is 0 Å². The van der Waals surface area contributed by atoms with Gasteiger partial charge in [0.25, 0.3) is 11.8 Å². The molecule has 8 heteroatoms. The Morgan fingerprint density at radius 1 is 1.06 bits per heavy atom. The van der Waals surface area contributed by atoms with E-state index in [9.17, 15) is 14.4 Å². The van der Waals surface area contributed by atoms with Crippen LogP contribution in [0, 0.1) is 0 Å². The smallest absolute Gasteiger partial charge is 0.417 e. The molecule has 1 unspecified atom stereocenters. The number of ether oxygens (including phenoxy) is 2. The maximum absolute atomic E-state index is 13.0. The molecule has 0 radical (unpaired) electrons. The van der Waals surface area contributed by atoms with Crippen LogP contribution in [0.1, 0.15) is 22.0 Å². The molecule has 2 aromatic carbocycles. The van der Waals surface area contributed by atoms with E-state index < -0.39 is 18.0 Å². The predicted octanol–water partition coefficient (Wildman–Crippen LogP) is 3.32. The first-order valence-corrected chi connectivity index (χ1v) is 9.62. The third-order valence-corrected chi connectivity index (χ3v) is 4.67. The Bertz CT molecular complexity index is 1070. The molecular formula is C23H19N3O5. The van der Waals surface area contributed by atoms with Crippen molar-refractivity contribution >= 4 is 17.9 Å². The van der Waals surface area contributed by atoms with Crippen molar-refractivity contribution < 1.29 is 23.9 Å². The Kier molecular flexibility index (Phi) is 5.89. The maximum atomic E-state index is 13.0. The summed E-state index contributed by atoms with van der Waals surface area (Å²) in [5.74, 6) is 0.0560. The summed E-state index contributed by atoms with van der Waals surface area (Å²) in [6.07, 6.45) is 0.895. The van der Waals surface area contributed by atoms with Gasteiger partial charge in [-0.2, -0.15) is 0 Å². The topological polar surface area (TPSA) is 97.8 Å². The molecule has 1 aliphatic heterocycles. The van der Waals surface area contributed by atoms with Gasteiger partial charge >= 0.3 is 6.09 Å². The van der Waals surface area contributed by atoms with E-state index in [1.807, 2.05) is 30.3 Å². The number of carbonyl (C=O) groups is 3. The summed E-state index contributed by atoms with van der Waals surface area (Å²) in [6, 6.07) is 20.5. The molecule has 1 atom stereocenters. The lowest BCUT2D eigenvalue weighted by molar-refractivity contribution is -0.126. The first-order chi connectivity index (χ1) is 15.1. The zero-order valence-corrected chi connectivity index (χ0v) is 16.4. The lowest BCUT2D eigenvalue weighted by Crippen LogP contribution is -2.40. The second-order valence-electron chi connectivity index (χ2n) is 6.79. The molecule has 0 saturated carbocycles. The van der Waals surface area contributed by atoms with Crippen molar-refractivity contribution in [3.8, 4) is 11.6 Å². The van der Waals surface area contributed by atoms with Crippen LogP contribution < -0.4 is 10.1 Å². The number of hydrogen-bond donors (Lipinski definition) is 1. The van der Waals surface area contributed by atoms with Crippen LogP contribution in [0.2, 0.25) is 0 Å². The van der Waals surface area contributed by atoms with Crippen LogP contribution in [0.4, 0.5) is 4.79 Å². The number of nitrogens with zero attached hydrogens (tertiary/aromatic N) is 2. The van der Waals surface area contributed by atoms with Gasteiger partial charge in [0.2, 0.25) is 5.88 Å². The van der Waals surface area contributed by atoms with Crippen LogP contribution in [0.25, 0.3) is 0 Å². The van der Waals surface area contributed by atoms with Crippen LogP contribution in [0.3, 0.4) is 0 Å². The standard InChI is InChI=1S/C23H19N3O5/c27-21-15-30-23(29)26(21)14-19(16-7-2-1-3-8-16)25-22(28)17-9-6-10-18(13-17)31-20-11-4-5-12-24-20/h1-13,19H,14-15H2,(H,25,28). The Balaban J connectivity index is 1.53. The van der Waals surface area contributed by atoms with Crippen LogP contribution in [-0.4, -0.2) is 40.9 Å². The molecule has 0 spiro atoms. The molecule has 156 valence electrons. The Morgan fingerprint density at radius 2 is 1.87 bits per heavy atom. The normalized spacial score (nSPS) is 14.1. The predicted molar refractivity (Wildman–Crippen MR) is 110 cm³/mol. The molecule has 1 saturated heterocycles. The fourth-order valence-corrected chi connectivity index (χ4v) is 3.13. The highest BCUT2D eigenvalue weighted by Crippen LogP contribution is 2.22. The van der Waals surface area contributed by atoms with E-state index in [1.165, 1.54) is 0 Å². The highest BCUT2D eigenvalue weighted by molar-refractivity contribution is 5.98. The van der Waals surface area contributed by atoms with Crippen molar-refractivity contribution in [2.75, 3.05) is 13.2 Å². The maximum Gasteiger partial charge on any atom is 0.417 e. The average Bonchev–Trinajstić information content (AvgIpc) is 3.12. The highest BCUT2D eigenvalue weighted by atomic mass is 16.6. The molecule has 1 aromatic heterocycles. The van der Waals surface area contributed by atoms with Gasteiger partial charge in [-0.3, -0.25) is 9.59 Å². The van der Waals surface area contributed by atoms with Gasteiger partial charge < -0.3 is 14.8 Å². The fourth-order valence-electron chi connectivity index (χ4n) is 3.13. The number of hydrogen-bond acceptors (Lipinski definition) is 6. The van der Waals surface area contributed by atoms with Crippen molar-refractivity contribution in [3.63, 3.8) is 0 Å². The molecular weight excluding hydrogens is 398 g/mol. The minimum Gasteiger partial charge on any atom is -0.439 e. The number of nitrogens with one attached hydrogen (secondary N) is 1. The number of cyclic esters (lactones) is 1. The molecule has 4 rings (SSSR count). The lowest BCUT2D eigenvalue weighted by Gasteiger charge is -2.23. The van der Waals surface area contributed by atoms with E-state index in [-0.39, 0.29) is 19.1 Å². The van der Waals surface area contributed by atoms with Crippen LogP contribution in [-0.2, 0) is 9.53 Å². The summed E-state index contributed by atoms with van der Waals surface area (Å²) < 4.78 is 10.5.